The molecule has 0 aliphatic carbocycles. The van der Waals surface area contributed by atoms with Gasteiger partial charge in [-0.1, -0.05) is 97.6 Å². The van der Waals surface area contributed by atoms with Gasteiger partial charge in [0.15, 0.2) is 0 Å². The topological polar surface area (TPSA) is 0 Å². The van der Waals surface area contributed by atoms with Gasteiger partial charge >= 0.3 is 0 Å². The second-order valence-electron chi connectivity index (χ2n) is 6.99. The normalized spacial score (nSPS) is 13.4. The first kappa shape index (κ1) is 19.7. The second-order valence-corrected chi connectivity index (χ2v) is 6.99. The van der Waals surface area contributed by atoms with Gasteiger partial charge in [0.2, 0.25) is 0 Å². The van der Waals surface area contributed by atoms with E-state index in [-0.39, 0.29) is 0 Å². The summed E-state index contributed by atoms with van der Waals surface area (Å²) in [6.45, 7) is 9.31. The van der Waals surface area contributed by atoms with Gasteiger partial charge in [0.25, 0.3) is 0 Å². The molecule has 0 saturated carbocycles. The molecule has 0 aliphatic rings. The summed E-state index contributed by atoms with van der Waals surface area (Å²) < 4.78 is 0. The van der Waals surface area contributed by atoms with Crippen molar-refractivity contribution in [2.24, 2.45) is 11.8 Å². The van der Waals surface area contributed by atoms with Crippen molar-refractivity contribution in [3.05, 3.63) is 12.2 Å². The molecule has 0 N–H and O–H groups in total. The molecule has 0 bridgehead atoms. The van der Waals surface area contributed by atoms with Crippen molar-refractivity contribution in [1.82, 2.24) is 0 Å². The highest BCUT2D eigenvalue weighted by atomic mass is 14.0. The Morgan fingerprint density at radius 3 is 2.00 bits per heavy atom. The molecule has 20 heavy (non-hydrogen) atoms. The van der Waals surface area contributed by atoms with Crippen LogP contribution in [-0.2, 0) is 0 Å². The van der Waals surface area contributed by atoms with E-state index in [0.29, 0.717) is 0 Å². The van der Waals surface area contributed by atoms with E-state index < -0.39 is 0 Å². The average molecular weight is 281 g/mol. The molecule has 120 valence electrons. The highest BCUT2D eigenvalue weighted by molar-refractivity contribution is 4.86. The van der Waals surface area contributed by atoms with Gasteiger partial charge in [-0.2, -0.15) is 0 Å². The quantitative estimate of drug-likeness (QED) is 0.228. The van der Waals surface area contributed by atoms with Crippen LogP contribution in [0.25, 0.3) is 0 Å². The molecule has 0 heteroatoms. The van der Waals surface area contributed by atoms with Crippen molar-refractivity contribution in [2.45, 2.75) is 105 Å². The van der Waals surface area contributed by atoms with Crippen LogP contribution in [0.5, 0.6) is 0 Å². The van der Waals surface area contributed by atoms with E-state index in [2.05, 4.69) is 39.8 Å². The Morgan fingerprint density at radius 1 is 0.700 bits per heavy atom. The molecule has 1 unspecified atom stereocenters. The maximum atomic E-state index is 2.45. The largest absolute Gasteiger partial charge is 0.0883 e. The van der Waals surface area contributed by atoms with Crippen molar-refractivity contribution in [3.63, 3.8) is 0 Å². The van der Waals surface area contributed by atoms with Crippen molar-refractivity contribution in [2.75, 3.05) is 0 Å². The molecule has 0 spiro atoms. The number of allylic oxidation sites excluding steroid dienone is 2. The number of unbranched alkanes of at least 4 members (excludes halogenated alkanes) is 8. The van der Waals surface area contributed by atoms with Crippen LogP contribution in [-0.4, -0.2) is 0 Å². The van der Waals surface area contributed by atoms with E-state index in [4.69, 9.17) is 0 Å². The molecule has 0 nitrogen and oxygen atoms in total. The summed E-state index contributed by atoms with van der Waals surface area (Å²) in [6.07, 6.45) is 21.7. The molecular weight excluding hydrogens is 240 g/mol. The van der Waals surface area contributed by atoms with E-state index in [1.54, 1.807) is 0 Å². The Morgan fingerprint density at radius 2 is 1.30 bits per heavy atom. The van der Waals surface area contributed by atoms with Crippen LogP contribution in [0.1, 0.15) is 105 Å². The van der Waals surface area contributed by atoms with Crippen molar-refractivity contribution < 1.29 is 0 Å². The van der Waals surface area contributed by atoms with Crippen molar-refractivity contribution >= 4 is 0 Å². The predicted molar refractivity (Wildman–Crippen MR) is 94.2 cm³/mol. The molecule has 0 radical (unpaired) electrons. The monoisotopic (exact) mass is 280 g/mol. The van der Waals surface area contributed by atoms with Gasteiger partial charge in [0.05, 0.1) is 0 Å². The zero-order chi connectivity index (χ0) is 15.1. The Balaban J connectivity index is 3.25. The minimum atomic E-state index is 0.790. The zero-order valence-electron chi connectivity index (χ0n) is 14.8. The summed E-state index contributed by atoms with van der Waals surface area (Å²) in [4.78, 5) is 0. The van der Waals surface area contributed by atoms with E-state index in [0.717, 1.165) is 11.8 Å². The molecule has 0 aromatic heterocycles. The van der Waals surface area contributed by atoms with Crippen LogP contribution >= 0.6 is 0 Å². The molecule has 0 rings (SSSR count). The van der Waals surface area contributed by atoms with Crippen molar-refractivity contribution in [3.8, 4) is 0 Å². The van der Waals surface area contributed by atoms with E-state index in [1.807, 2.05) is 0 Å². The van der Waals surface area contributed by atoms with Gasteiger partial charge < -0.3 is 0 Å². The summed E-state index contributed by atoms with van der Waals surface area (Å²) in [5, 5.41) is 0. The highest BCUT2D eigenvalue weighted by Crippen LogP contribution is 2.14. The number of rotatable bonds is 14. The molecule has 1 atom stereocenters. The Bertz CT molecular complexity index is 202. The van der Waals surface area contributed by atoms with E-state index in [9.17, 15) is 0 Å². The third kappa shape index (κ3) is 15.8. The fourth-order valence-electron chi connectivity index (χ4n) is 2.66. The van der Waals surface area contributed by atoms with Gasteiger partial charge in [-0.25, -0.2) is 0 Å². The lowest BCUT2D eigenvalue weighted by atomic mass is 10.0. The summed E-state index contributed by atoms with van der Waals surface area (Å²) in [7, 11) is 0. The Labute approximate surface area is 129 Å². The smallest absolute Gasteiger partial charge is 0.0262 e. The first-order valence-electron chi connectivity index (χ1n) is 9.33. The number of hydrogen-bond acceptors (Lipinski definition) is 0. The number of hydrogen-bond donors (Lipinski definition) is 0. The van der Waals surface area contributed by atoms with Gasteiger partial charge in [0.1, 0.15) is 0 Å². The fourth-order valence-corrected chi connectivity index (χ4v) is 2.66. The lowest BCUT2D eigenvalue weighted by molar-refractivity contribution is 0.515. The first-order valence-corrected chi connectivity index (χ1v) is 9.33. The SMILES string of the molecule is CCCCCCC(C)/C=C/CCCCCCCC(C)C. The summed E-state index contributed by atoms with van der Waals surface area (Å²) in [5.74, 6) is 1.68. The van der Waals surface area contributed by atoms with Crippen molar-refractivity contribution in [1.29, 1.82) is 0 Å². The van der Waals surface area contributed by atoms with Gasteiger partial charge in [0, 0.05) is 0 Å². The van der Waals surface area contributed by atoms with Crippen LogP contribution in [0.4, 0.5) is 0 Å². The fraction of sp³-hybridized carbons (Fsp3) is 0.900. The maximum absolute atomic E-state index is 2.45. The molecule has 0 heterocycles. The Hall–Kier alpha value is -0.260. The summed E-state index contributed by atoms with van der Waals surface area (Å²) >= 11 is 0. The third-order valence-corrected chi connectivity index (χ3v) is 4.13. The summed E-state index contributed by atoms with van der Waals surface area (Å²) in [5.41, 5.74) is 0. The maximum Gasteiger partial charge on any atom is -0.0262 e. The molecular formula is C20H40. The molecule has 0 amide bonds. The minimum Gasteiger partial charge on any atom is -0.0883 e. The van der Waals surface area contributed by atoms with E-state index in [1.165, 1.54) is 77.0 Å². The predicted octanol–water partition coefficient (Wildman–Crippen LogP) is 7.54. The summed E-state index contributed by atoms with van der Waals surface area (Å²) in [6, 6.07) is 0. The molecule has 0 aromatic rings. The Kier molecular flexibility index (Phi) is 14.9. The van der Waals surface area contributed by atoms with Gasteiger partial charge in [-0.3, -0.25) is 0 Å². The van der Waals surface area contributed by atoms with E-state index >= 15 is 0 Å². The second kappa shape index (κ2) is 15.1. The zero-order valence-corrected chi connectivity index (χ0v) is 14.8. The molecule has 0 fully saturated rings. The standard InChI is InChI=1S/C20H40/c1-5-6-7-14-17-20(4)18-15-12-10-8-9-11-13-16-19(2)3/h15,18-20H,5-14,16-17H2,1-4H3/b18-15+. The average Bonchev–Trinajstić information content (AvgIpc) is 2.41. The van der Waals surface area contributed by atoms with Crippen LogP contribution in [0.3, 0.4) is 0 Å². The molecule has 0 aromatic carbocycles. The minimum absolute atomic E-state index is 0.790. The highest BCUT2D eigenvalue weighted by Gasteiger charge is 1.97. The van der Waals surface area contributed by atoms with Gasteiger partial charge in [-0.15, -0.1) is 0 Å². The van der Waals surface area contributed by atoms with Crippen LogP contribution < -0.4 is 0 Å². The third-order valence-electron chi connectivity index (χ3n) is 4.13. The van der Waals surface area contributed by atoms with Gasteiger partial charge in [-0.05, 0) is 31.1 Å². The van der Waals surface area contributed by atoms with Crippen LogP contribution in [0, 0.1) is 11.8 Å². The van der Waals surface area contributed by atoms with Crippen LogP contribution in [0.15, 0.2) is 12.2 Å². The molecule has 0 aliphatic heterocycles. The first-order chi connectivity index (χ1) is 9.66. The lowest BCUT2D eigenvalue weighted by Gasteiger charge is -2.05. The lowest BCUT2D eigenvalue weighted by Crippen LogP contribution is -1.90. The molecule has 0 saturated heterocycles. The van der Waals surface area contributed by atoms with Crippen LogP contribution in [0.2, 0.25) is 0 Å².